The summed E-state index contributed by atoms with van der Waals surface area (Å²) >= 11 is 0. The van der Waals surface area contributed by atoms with Crippen molar-refractivity contribution in [2.75, 3.05) is 39.6 Å². The molecule has 176 valence electrons. The van der Waals surface area contributed by atoms with Crippen molar-refractivity contribution in [1.29, 1.82) is 0 Å². The number of hydrogen-bond donors (Lipinski definition) is 0. The number of carbonyl (C=O) groups excluding carboxylic acids is 2. The van der Waals surface area contributed by atoms with Crippen LogP contribution in [-0.4, -0.2) is 73.7 Å². The lowest BCUT2D eigenvalue weighted by Crippen LogP contribution is -2.27. The predicted molar refractivity (Wildman–Crippen MR) is 117 cm³/mol. The van der Waals surface area contributed by atoms with Gasteiger partial charge in [0, 0.05) is 0 Å². The van der Waals surface area contributed by atoms with Crippen LogP contribution in [0.3, 0.4) is 0 Å². The molecule has 0 aromatic rings. The standard InChI is InChI=1S/C20H36O8S2/c1-19(2,3)27-15(21)13-23-9-11-25-17-7-8-18(30-29-17)26-12-10-24-14-16(22)28-20(4,5)6/h17-18H,7-14H2,1-6H3/t17-,18?/m0/s1. The zero-order valence-electron chi connectivity index (χ0n) is 18.9. The molecule has 0 aromatic heterocycles. The molecule has 1 saturated heterocycles. The highest BCUT2D eigenvalue weighted by Crippen LogP contribution is 2.41. The normalized spacial score (nSPS) is 20.1. The van der Waals surface area contributed by atoms with Gasteiger partial charge in [-0.3, -0.25) is 0 Å². The van der Waals surface area contributed by atoms with Crippen molar-refractivity contribution in [2.45, 2.75) is 76.5 Å². The maximum absolute atomic E-state index is 11.5. The van der Waals surface area contributed by atoms with Crippen molar-refractivity contribution in [3.63, 3.8) is 0 Å². The molecule has 1 rings (SSSR count). The molecule has 8 nitrogen and oxygen atoms in total. The van der Waals surface area contributed by atoms with E-state index < -0.39 is 11.2 Å². The van der Waals surface area contributed by atoms with Gasteiger partial charge in [0.1, 0.15) is 35.3 Å². The first kappa shape index (κ1) is 27.5. The minimum absolute atomic E-state index is 0.0703. The van der Waals surface area contributed by atoms with Crippen molar-refractivity contribution in [1.82, 2.24) is 0 Å². The Morgan fingerprint density at radius 2 is 1.07 bits per heavy atom. The number of esters is 2. The molecular formula is C20H36O8S2. The molecule has 1 fully saturated rings. The highest BCUT2D eigenvalue weighted by Gasteiger charge is 2.24. The van der Waals surface area contributed by atoms with E-state index in [2.05, 4.69) is 0 Å². The van der Waals surface area contributed by atoms with Gasteiger partial charge in [-0.2, -0.15) is 0 Å². The van der Waals surface area contributed by atoms with E-state index in [1.807, 2.05) is 41.5 Å². The molecule has 0 aliphatic carbocycles. The summed E-state index contributed by atoms with van der Waals surface area (Å²) in [6, 6.07) is 0. The second-order valence-electron chi connectivity index (χ2n) is 8.65. The zero-order valence-corrected chi connectivity index (χ0v) is 20.5. The molecule has 0 spiro atoms. The number of hydrogen-bond acceptors (Lipinski definition) is 10. The summed E-state index contributed by atoms with van der Waals surface area (Å²) in [4.78, 5) is 23.1. The van der Waals surface area contributed by atoms with Crippen LogP contribution in [-0.2, 0) is 38.0 Å². The van der Waals surface area contributed by atoms with Crippen LogP contribution in [0.15, 0.2) is 0 Å². The van der Waals surface area contributed by atoms with E-state index in [4.69, 9.17) is 28.4 Å². The van der Waals surface area contributed by atoms with Crippen molar-refractivity contribution in [2.24, 2.45) is 0 Å². The number of carbonyl (C=O) groups is 2. The molecule has 10 heteroatoms. The lowest BCUT2D eigenvalue weighted by molar-refractivity contribution is -0.161. The highest BCUT2D eigenvalue weighted by molar-refractivity contribution is 8.77. The average molecular weight is 469 g/mol. The van der Waals surface area contributed by atoms with Crippen LogP contribution in [0.25, 0.3) is 0 Å². The second kappa shape index (κ2) is 13.8. The molecule has 0 saturated carbocycles. The maximum Gasteiger partial charge on any atom is 0.332 e. The predicted octanol–water partition coefficient (Wildman–Crippen LogP) is 3.56. The van der Waals surface area contributed by atoms with Crippen molar-refractivity contribution >= 4 is 33.5 Å². The largest absolute Gasteiger partial charge is 0.458 e. The van der Waals surface area contributed by atoms with Crippen LogP contribution in [0.4, 0.5) is 0 Å². The van der Waals surface area contributed by atoms with Crippen LogP contribution < -0.4 is 0 Å². The van der Waals surface area contributed by atoms with E-state index in [1.54, 1.807) is 21.6 Å². The van der Waals surface area contributed by atoms with Gasteiger partial charge in [-0.15, -0.1) is 0 Å². The highest BCUT2D eigenvalue weighted by atomic mass is 33.1. The second-order valence-corrected chi connectivity index (χ2v) is 11.2. The third-order valence-electron chi connectivity index (χ3n) is 3.25. The quantitative estimate of drug-likeness (QED) is 0.240. The summed E-state index contributed by atoms with van der Waals surface area (Å²) in [6.45, 7) is 12.3. The molecule has 0 bridgehead atoms. The Kier molecular flexibility index (Phi) is 12.7. The monoisotopic (exact) mass is 468 g/mol. The van der Waals surface area contributed by atoms with Gasteiger partial charge in [0.15, 0.2) is 0 Å². The maximum atomic E-state index is 11.5. The molecule has 0 radical (unpaired) electrons. The fourth-order valence-corrected chi connectivity index (χ4v) is 4.91. The van der Waals surface area contributed by atoms with Crippen LogP contribution in [0, 0.1) is 0 Å². The molecule has 2 atom stereocenters. The first-order valence-electron chi connectivity index (χ1n) is 10.1. The van der Waals surface area contributed by atoms with E-state index in [9.17, 15) is 9.59 Å². The summed E-state index contributed by atoms with van der Waals surface area (Å²) < 4.78 is 32.4. The third-order valence-corrected chi connectivity index (χ3v) is 6.16. The van der Waals surface area contributed by atoms with Gasteiger partial charge in [-0.25, -0.2) is 9.59 Å². The van der Waals surface area contributed by atoms with Crippen molar-refractivity contribution < 1.29 is 38.0 Å². The average Bonchev–Trinajstić information content (AvgIpc) is 2.59. The zero-order chi connectivity index (χ0) is 22.6. The van der Waals surface area contributed by atoms with Gasteiger partial charge < -0.3 is 28.4 Å². The summed E-state index contributed by atoms with van der Waals surface area (Å²) in [6.07, 6.45) is 1.74. The fourth-order valence-electron chi connectivity index (χ4n) is 2.24. The molecule has 30 heavy (non-hydrogen) atoms. The van der Waals surface area contributed by atoms with Gasteiger partial charge in [-0.05, 0) is 54.4 Å². The minimum Gasteiger partial charge on any atom is -0.458 e. The molecule has 0 amide bonds. The van der Waals surface area contributed by atoms with Crippen LogP contribution in [0.2, 0.25) is 0 Å². The van der Waals surface area contributed by atoms with Gasteiger partial charge in [0.2, 0.25) is 0 Å². The Bertz CT molecular complexity index is 462. The van der Waals surface area contributed by atoms with Crippen molar-refractivity contribution in [3.8, 4) is 0 Å². The topological polar surface area (TPSA) is 89.5 Å². The van der Waals surface area contributed by atoms with Gasteiger partial charge in [0.25, 0.3) is 0 Å². The SMILES string of the molecule is CC(C)(C)OC(=O)COCCOC1CC[C@@H](OCCOCC(=O)OC(C)(C)C)SS1. The van der Waals surface area contributed by atoms with E-state index in [1.165, 1.54) is 0 Å². The molecule has 1 aliphatic rings. The summed E-state index contributed by atoms with van der Waals surface area (Å²) in [5.74, 6) is -0.750. The fraction of sp³-hybridized carbons (Fsp3) is 0.900. The first-order chi connectivity index (χ1) is 13.9. The minimum atomic E-state index is -0.504. The third kappa shape index (κ3) is 15.3. The Balaban J connectivity index is 1.98. The summed E-state index contributed by atoms with van der Waals surface area (Å²) in [5, 5.41) is 0. The summed E-state index contributed by atoms with van der Waals surface area (Å²) in [7, 11) is 3.25. The van der Waals surface area contributed by atoms with Gasteiger partial charge in [0.05, 0.1) is 26.4 Å². The van der Waals surface area contributed by atoms with Gasteiger partial charge in [-0.1, -0.05) is 21.6 Å². The van der Waals surface area contributed by atoms with Crippen molar-refractivity contribution in [3.05, 3.63) is 0 Å². The van der Waals surface area contributed by atoms with Gasteiger partial charge >= 0.3 is 11.9 Å². The van der Waals surface area contributed by atoms with Crippen LogP contribution in [0.5, 0.6) is 0 Å². The van der Waals surface area contributed by atoms with Crippen LogP contribution >= 0.6 is 21.6 Å². The smallest absolute Gasteiger partial charge is 0.332 e. The Morgan fingerprint density at radius 3 is 1.37 bits per heavy atom. The molecule has 1 heterocycles. The molecule has 1 aliphatic heterocycles. The lowest BCUT2D eigenvalue weighted by Gasteiger charge is -2.27. The van der Waals surface area contributed by atoms with E-state index in [-0.39, 0.29) is 36.0 Å². The molecular weight excluding hydrogens is 432 g/mol. The summed E-state index contributed by atoms with van der Waals surface area (Å²) in [5.41, 5.74) is -0.863. The lowest BCUT2D eigenvalue weighted by atomic mass is 10.2. The Labute approximate surface area is 187 Å². The Hall–Kier alpha value is -0.520. The molecule has 0 aromatic carbocycles. The van der Waals surface area contributed by atoms with E-state index in [0.29, 0.717) is 26.4 Å². The number of ether oxygens (including phenoxy) is 6. The van der Waals surface area contributed by atoms with Crippen LogP contribution in [0.1, 0.15) is 54.4 Å². The number of rotatable bonds is 12. The first-order valence-corrected chi connectivity index (χ1v) is 12.4. The molecule has 0 N–H and O–H groups in total. The van der Waals surface area contributed by atoms with E-state index in [0.717, 1.165) is 12.8 Å². The molecule has 1 unspecified atom stereocenters. The Morgan fingerprint density at radius 1 is 0.700 bits per heavy atom. The van der Waals surface area contributed by atoms with E-state index >= 15 is 0 Å².